The molecule has 0 bridgehead atoms. The molecule has 9 nitrogen and oxygen atoms in total. The third-order valence-electron chi connectivity index (χ3n) is 5.22. The highest BCUT2D eigenvalue weighted by molar-refractivity contribution is 5.75. The van der Waals surface area contributed by atoms with Crippen molar-refractivity contribution in [3.63, 3.8) is 0 Å². The van der Waals surface area contributed by atoms with E-state index in [1.54, 1.807) is 10.8 Å². The molecule has 1 saturated heterocycles. The van der Waals surface area contributed by atoms with Gasteiger partial charge in [-0.3, -0.25) is 13.9 Å². The number of H-pyrrole nitrogens is 1. The lowest BCUT2D eigenvalue weighted by Gasteiger charge is -2.28. The minimum atomic E-state index is -0.316. The predicted octanol–water partition coefficient (Wildman–Crippen LogP) is 1.18. The molecule has 0 unspecified atom stereocenters. The Hall–Kier alpha value is -2.94. The normalized spacial score (nSPS) is 14.6. The van der Waals surface area contributed by atoms with Crippen LogP contribution >= 0.6 is 0 Å². The van der Waals surface area contributed by atoms with Crippen LogP contribution in [0.2, 0.25) is 0 Å². The van der Waals surface area contributed by atoms with Crippen LogP contribution in [0, 0.1) is 0 Å². The number of pyridine rings is 1. The number of aromatic amines is 1. The van der Waals surface area contributed by atoms with Crippen molar-refractivity contribution in [2.45, 2.75) is 39.8 Å². The number of fused-ring (bicyclic) bond motifs is 1. The first-order valence-corrected chi connectivity index (χ1v) is 10.3. The lowest BCUT2D eigenvalue weighted by Crippen LogP contribution is -2.43. The summed E-state index contributed by atoms with van der Waals surface area (Å²) in [5.41, 5.74) is 0.958. The summed E-state index contributed by atoms with van der Waals surface area (Å²) in [6.07, 6.45) is 3.26. The highest BCUT2D eigenvalue weighted by atomic mass is 16.2. The van der Waals surface area contributed by atoms with Crippen molar-refractivity contribution in [1.82, 2.24) is 29.4 Å². The summed E-state index contributed by atoms with van der Waals surface area (Å²) in [6.45, 7) is 8.62. The maximum Gasteiger partial charge on any atom is 0.332 e. The third-order valence-corrected chi connectivity index (χ3v) is 5.22. The van der Waals surface area contributed by atoms with Crippen LogP contribution in [0.1, 0.15) is 26.7 Å². The van der Waals surface area contributed by atoms with Crippen molar-refractivity contribution in [2.24, 2.45) is 0 Å². The first-order valence-electron chi connectivity index (χ1n) is 10.3. The van der Waals surface area contributed by atoms with E-state index in [1.165, 1.54) is 4.57 Å². The Labute approximate surface area is 168 Å². The van der Waals surface area contributed by atoms with E-state index in [9.17, 15) is 9.59 Å². The molecule has 1 fully saturated rings. The molecule has 0 spiro atoms. The average molecular weight is 397 g/mol. The second kappa shape index (κ2) is 8.20. The molecule has 0 aliphatic carbocycles. The maximum atomic E-state index is 12.9. The van der Waals surface area contributed by atoms with Crippen molar-refractivity contribution < 1.29 is 0 Å². The highest BCUT2D eigenvalue weighted by Gasteiger charge is 2.18. The third kappa shape index (κ3) is 3.57. The number of imidazole rings is 1. The number of hydrogen-bond donors (Lipinski definition) is 2. The molecule has 0 aromatic carbocycles. The zero-order chi connectivity index (χ0) is 20.4. The van der Waals surface area contributed by atoms with E-state index in [0.717, 1.165) is 44.0 Å². The first kappa shape index (κ1) is 19.4. The smallest absolute Gasteiger partial charge is 0.332 e. The molecule has 2 N–H and O–H groups in total. The van der Waals surface area contributed by atoms with E-state index < -0.39 is 0 Å². The Morgan fingerprint density at radius 2 is 1.76 bits per heavy atom. The largest absolute Gasteiger partial charge is 0.354 e. The summed E-state index contributed by atoms with van der Waals surface area (Å²) in [4.78, 5) is 40.2. The topological polar surface area (TPSA) is 101 Å². The van der Waals surface area contributed by atoms with E-state index >= 15 is 0 Å². The molecular weight excluding hydrogens is 370 g/mol. The Bertz CT molecular complexity index is 1100. The molecule has 1 aliphatic rings. The summed E-state index contributed by atoms with van der Waals surface area (Å²) in [5, 5.41) is 3.33. The van der Waals surface area contributed by atoms with Crippen LogP contribution in [0.3, 0.4) is 0 Å². The van der Waals surface area contributed by atoms with Crippen molar-refractivity contribution in [2.75, 3.05) is 31.1 Å². The molecule has 4 heterocycles. The van der Waals surface area contributed by atoms with Crippen LogP contribution in [0.5, 0.6) is 0 Å². The van der Waals surface area contributed by atoms with Gasteiger partial charge in [0, 0.05) is 51.0 Å². The predicted molar refractivity (Wildman–Crippen MR) is 114 cm³/mol. The number of nitrogens with one attached hydrogen (secondary N) is 2. The minimum absolute atomic E-state index is 0.295. The number of aryl methyl sites for hydroxylation is 1. The van der Waals surface area contributed by atoms with Gasteiger partial charge >= 0.3 is 5.69 Å². The van der Waals surface area contributed by atoms with Crippen LogP contribution in [0.15, 0.2) is 27.9 Å². The molecule has 0 saturated carbocycles. The van der Waals surface area contributed by atoms with Gasteiger partial charge in [0.2, 0.25) is 0 Å². The Balaban J connectivity index is 1.77. The van der Waals surface area contributed by atoms with Gasteiger partial charge in [-0.15, -0.1) is 0 Å². The SMILES string of the molecule is CCCn1c(=O)c2[nH]c(-c3ccc(N4CCNCC4)nc3)nc2n(CCC)c1=O. The zero-order valence-corrected chi connectivity index (χ0v) is 16.9. The van der Waals surface area contributed by atoms with E-state index in [1.807, 2.05) is 26.0 Å². The number of anilines is 1. The Morgan fingerprint density at radius 1 is 1.03 bits per heavy atom. The van der Waals surface area contributed by atoms with Crippen LogP contribution in [-0.4, -0.2) is 50.3 Å². The molecule has 3 aromatic rings. The van der Waals surface area contributed by atoms with E-state index in [0.29, 0.717) is 36.5 Å². The lowest BCUT2D eigenvalue weighted by atomic mass is 10.2. The summed E-state index contributed by atoms with van der Waals surface area (Å²) in [7, 11) is 0. The van der Waals surface area contributed by atoms with Gasteiger partial charge in [0.1, 0.15) is 17.2 Å². The summed E-state index contributed by atoms with van der Waals surface area (Å²) < 4.78 is 2.89. The monoisotopic (exact) mass is 397 g/mol. The fraction of sp³-hybridized carbons (Fsp3) is 0.500. The molecule has 154 valence electrons. The fourth-order valence-electron chi connectivity index (χ4n) is 3.76. The van der Waals surface area contributed by atoms with Gasteiger partial charge in [0.15, 0.2) is 5.65 Å². The zero-order valence-electron chi connectivity index (χ0n) is 16.9. The fourth-order valence-corrected chi connectivity index (χ4v) is 3.76. The number of rotatable bonds is 6. The molecule has 9 heteroatoms. The van der Waals surface area contributed by atoms with Crippen molar-refractivity contribution >= 4 is 17.0 Å². The van der Waals surface area contributed by atoms with Crippen molar-refractivity contribution in [1.29, 1.82) is 0 Å². The number of piperazine rings is 1. The van der Waals surface area contributed by atoms with Crippen LogP contribution < -0.4 is 21.5 Å². The second-order valence-electron chi connectivity index (χ2n) is 7.32. The molecule has 1 aliphatic heterocycles. The van der Waals surface area contributed by atoms with E-state index in [4.69, 9.17) is 0 Å². The van der Waals surface area contributed by atoms with Gasteiger partial charge in [-0.1, -0.05) is 13.8 Å². The maximum absolute atomic E-state index is 12.9. The van der Waals surface area contributed by atoms with Crippen LogP contribution in [-0.2, 0) is 13.1 Å². The molecule has 0 radical (unpaired) electrons. The summed E-state index contributed by atoms with van der Waals surface area (Å²) >= 11 is 0. The highest BCUT2D eigenvalue weighted by Crippen LogP contribution is 2.20. The molecule has 3 aromatic heterocycles. The van der Waals surface area contributed by atoms with Gasteiger partial charge < -0.3 is 15.2 Å². The number of aromatic nitrogens is 5. The quantitative estimate of drug-likeness (QED) is 0.648. The van der Waals surface area contributed by atoms with E-state index in [2.05, 4.69) is 25.2 Å². The van der Waals surface area contributed by atoms with Gasteiger partial charge in [0.25, 0.3) is 5.56 Å². The second-order valence-corrected chi connectivity index (χ2v) is 7.32. The van der Waals surface area contributed by atoms with Crippen molar-refractivity contribution in [3.8, 4) is 11.4 Å². The average Bonchev–Trinajstić information content (AvgIpc) is 3.20. The lowest BCUT2D eigenvalue weighted by molar-refractivity contribution is 0.555. The number of hydrogen-bond acceptors (Lipinski definition) is 6. The van der Waals surface area contributed by atoms with E-state index in [-0.39, 0.29) is 11.2 Å². The summed E-state index contributed by atoms with van der Waals surface area (Å²) in [5.74, 6) is 1.48. The van der Waals surface area contributed by atoms with Gasteiger partial charge in [-0.25, -0.2) is 14.8 Å². The summed E-state index contributed by atoms with van der Waals surface area (Å²) in [6, 6.07) is 3.93. The molecule has 4 rings (SSSR count). The molecule has 0 atom stereocenters. The first-order chi connectivity index (χ1) is 14.1. The van der Waals surface area contributed by atoms with Gasteiger partial charge in [-0.2, -0.15) is 0 Å². The standard InChI is InChI=1S/C20H27N7O2/c1-3-9-26-18-16(19(28)27(10-4-2)20(26)29)23-17(24-18)14-5-6-15(22-13-14)25-11-7-21-8-12-25/h5-6,13,21H,3-4,7-12H2,1-2H3,(H,23,24). The molecule has 29 heavy (non-hydrogen) atoms. The van der Waals surface area contributed by atoms with Gasteiger partial charge in [0.05, 0.1) is 0 Å². The Kier molecular flexibility index (Phi) is 5.48. The Morgan fingerprint density at radius 3 is 2.41 bits per heavy atom. The van der Waals surface area contributed by atoms with Crippen LogP contribution in [0.4, 0.5) is 5.82 Å². The number of nitrogens with zero attached hydrogens (tertiary/aromatic N) is 5. The van der Waals surface area contributed by atoms with Gasteiger partial charge in [-0.05, 0) is 25.0 Å². The minimum Gasteiger partial charge on any atom is -0.354 e. The van der Waals surface area contributed by atoms with Crippen LogP contribution in [0.25, 0.3) is 22.6 Å². The molecular formula is C20H27N7O2. The molecule has 0 amide bonds. The van der Waals surface area contributed by atoms with Crippen molar-refractivity contribution in [3.05, 3.63) is 39.2 Å².